The maximum atomic E-state index is 12.0. The molecule has 0 atom stereocenters. The van der Waals surface area contributed by atoms with E-state index in [1.165, 1.54) is 4.31 Å². The quantitative estimate of drug-likeness (QED) is 0.364. The van der Waals surface area contributed by atoms with Crippen molar-refractivity contribution in [2.24, 2.45) is 0 Å². The zero-order chi connectivity index (χ0) is 18.1. The van der Waals surface area contributed by atoms with Crippen LogP contribution in [-0.4, -0.2) is 54.9 Å². The number of aryl methyl sites for hydroxylation is 2. The van der Waals surface area contributed by atoms with Crippen molar-refractivity contribution >= 4 is 42.4 Å². The Morgan fingerprint density at radius 2 is 1.68 bits per heavy atom. The van der Waals surface area contributed by atoms with Gasteiger partial charge in [-0.1, -0.05) is 12.8 Å². The number of amides is 2. The molecule has 0 fully saturated rings. The summed E-state index contributed by atoms with van der Waals surface area (Å²) in [7, 11) is 0. The van der Waals surface area contributed by atoms with Crippen LogP contribution < -0.4 is 5.32 Å². The van der Waals surface area contributed by atoms with E-state index in [0.29, 0.717) is 13.1 Å². The summed E-state index contributed by atoms with van der Waals surface area (Å²) < 4.78 is 1.43. The zero-order valence-corrected chi connectivity index (χ0v) is 16.9. The second-order valence-corrected chi connectivity index (χ2v) is 8.09. The van der Waals surface area contributed by atoms with Crippen LogP contribution in [0, 0.1) is 13.8 Å². The molecule has 138 valence electrons. The molecule has 2 aromatic heterocycles. The van der Waals surface area contributed by atoms with Gasteiger partial charge in [0.05, 0.1) is 24.0 Å². The molecule has 2 aromatic rings. The molecule has 3 N–H and O–H groups in total. The van der Waals surface area contributed by atoms with Gasteiger partial charge in [0.25, 0.3) is 0 Å². The van der Waals surface area contributed by atoms with Crippen LogP contribution in [-0.2, 0) is 11.5 Å². The number of urea groups is 1. The van der Waals surface area contributed by atoms with Gasteiger partial charge in [0.2, 0.25) is 0 Å². The Hall–Kier alpha value is -1.26. The van der Waals surface area contributed by atoms with Crippen molar-refractivity contribution in [2.75, 3.05) is 24.6 Å². The monoisotopic (exact) mass is 400 g/mol. The van der Waals surface area contributed by atoms with E-state index in [1.54, 1.807) is 36.2 Å². The van der Waals surface area contributed by atoms with E-state index < -0.39 is 0 Å². The molecule has 0 radical (unpaired) electrons. The third-order valence-electron chi connectivity index (χ3n) is 3.56. The van der Waals surface area contributed by atoms with Crippen LogP contribution in [0.15, 0.2) is 12.7 Å². The number of aromatic amines is 2. The Balaban J connectivity index is 1.51. The van der Waals surface area contributed by atoms with E-state index in [9.17, 15) is 4.79 Å². The van der Waals surface area contributed by atoms with Crippen molar-refractivity contribution < 1.29 is 4.79 Å². The highest BCUT2D eigenvalue weighted by Gasteiger charge is 2.09. The number of H-pyrrole nitrogens is 2. The maximum Gasteiger partial charge on any atom is 0.327 e. The summed E-state index contributed by atoms with van der Waals surface area (Å²) in [5.41, 5.74) is 4.32. The van der Waals surface area contributed by atoms with Gasteiger partial charge >= 0.3 is 6.03 Å². The van der Waals surface area contributed by atoms with Crippen LogP contribution in [0.2, 0.25) is 0 Å². The lowest BCUT2D eigenvalue weighted by Crippen LogP contribution is -2.36. The molecule has 2 amide bonds. The van der Waals surface area contributed by atoms with Crippen LogP contribution in [0.4, 0.5) is 4.79 Å². The predicted octanol–water partition coefficient (Wildman–Crippen LogP) is 2.77. The van der Waals surface area contributed by atoms with Crippen molar-refractivity contribution in [1.82, 2.24) is 29.6 Å². The lowest BCUT2D eigenvalue weighted by molar-refractivity contribution is 0.228. The molecule has 2 heterocycles. The Morgan fingerprint density at radius 3 is 2.20 bits per heavy atom. The van der Waals surface area contributed by atoms with Crippen LogP contribution in [0.3, 0.4) is 0 Å². The smallest absolute Gasteiger partial charge is 0.327 e. The Labute approximate surface area is 162 Å². The Kier molecular flexibility index (Phi) is 8.56. The van der Waals surface area contributed by atoms with E-state index in [2.05, 4.69) is 38.1 Å². The van der Waals surface area contributed by atoms with Crippen LogP contribution in [0.1, 0.15) is 22.8 Å². The number of rotatable bonds is 10. The highest BCUT2D eigenvalue weighted by molar-refractivity contribution is 7.98. The van der Waals surface area contributed by atoms with Crippen LogP contribution in [0.25, 0.3) is 0 Å². The van der Waals surface area contributed by atoms with Gasteiger partial charge in [0.15, 0.2) is 0 Å². The summed E-state index contributed by atoms with van der Waals surface area (Å²) in [5, 5.41) is 2.88. The third kappa shape index (κ3) is 6.87. The molecule has 10 heteroatoms. The molecule has 2 rings (SSSR count). The van der Waals surface area contributed by atoms with E-state index in [0.717, 1.165) is 45.8 Å². The Morgan fingerprint density at radius 1 is 1.12 bits per heavy atom. The predicted molar refractivity (Wildman–Crippen MR) is 108 cm³/mol. The summed E-state index contributed by atoms with van der Waals surface area (Å²) >= 11 is 7.75. The first-order valence-corrected chi connectivity index (χ1v) is 10.7. The van der Waals surface area contributed by atoms with E-state index in [-0.39, 0.29) is 6.03 Å². The number of nitrogens with zero attached hydrogens (tertiary/aromatic N) is 3. The first-order chi connectivity index (χ1) is 12.1. The first kappa shape index (κ1) is 20.1. The van der Waals surface area contributed by atoms with Gasteiger partial charge in [-0.25, -0.2) is 14.8 Å². The fourth-order valence-electron chi connectivity index (χ4n) is 1.99. The third-order valence-corrected chi connectivity index (χ3v) is 5.90. The molecule has 25 heavy (non-hydrogen) atoms. The molecule has 0 aliphatic rings. The summed E-state index contributed by atoms with van der Waals surface area (Å²) in [5.74, 6) is 3.40. The second kappa shape index (κ2) is 10.7. The minimum Gasteiger partial charge on any atom is -0.348 e. The van der Waals surface area contributed by atoms with E-state index >= 15 is 0 Å². The molecular formula is C15H24N6OS3. The number of carbonyl (C=O) groups is 1. The number of thioether (sulfide) groups is 2. The normalized spacial score (nSPS) is 10.8. The van der Waals surface area contributed by atoms with Gasteiger partial charge in [-0.15, -0.1) is 0 Å². The molecule has 0 aromatic carbocycles. The average molecular weight is 401 g/mol. The minimum atomic E-state index is -0.153. The van der Waals surface area contributed by atoms with Gasteiger partial charge in [0, 0.05) is 47.5 Å². The number of hydrogen-bond acceptors (Lipinski definition) is 6. The van der Waals surface area contributed by atoms with Gasteiger partial charge in [-0.05, 0) is 13.8 Å². The summed E-state index contributed by atoms with van der Waals surface area (Å²) in [6, 6.07) is -0.153. The summed E-state index contributed by atoms with van der Waals surface area (Å²) in [4.78, 5) is 26.5. The number of carbonyl (C=O) groups excluding carboxylic acids is 1. The van der Waals surface area contributed by atoms with Crippen molar-refractivity contribution in [3.05, 3.63) is 35.4 Å². The molecule has 0 saturated carbocycles. The lowest BCUT2D eigenvalue weighted by Gasteiger charge is -2.16. The van der Waals surface area contributed by atoms with Crippen LogP contribution in [0.5, 0.6) is 0 Å². The minimum absolute atomic E-state index is 0.153. The molecule has 7 nitrogen and oxygen atoms in total. The number of thiol groups is 1. The molecule has 0 aliphatic carbocycles. The number of aromatic nitrogens is 4. The first-order valence-electron chi connectivity index (χ1n) is 7.95. The van der Waals surface area contributed by atoms with E-state index in [4.69, 9.17) is 0 Å². The Bertz CT molecular complexity index is 659. The molecule has 0 saturated heterocycles. The average Bonchev–Trinajstić information content (AvgIpc) is 3.19. The summed E-state index contributed by atoms with van der Waals surface area (Å²) in [6.45, 7) is 5.18. The number of hydrogen-bond donors (Lipinski definition) is 4. The number of nitrogens with one attached hydrogen (secondary N) is 3. The van der Waals surface area contributed by atoms with Gasteiger partial charge < -0.3 is 15.3 Å². The van der Waals surface area contributed by atoms with Gasteiger partial charge in [0.1, 0.15) is 0 Å². The lowest BCUT2D eigenvalue weighted by atomic mass is 10.4. The molecule has 0 aliphatic heterocycles. The fraction of sp³-hybridized carbons (Fsp3) is 0.533. The summed E-state index contributed by atoms with van der Waals surface area (Å²) in [6.07, 6.45) is 3.41. The zero-order valence-electron chi connectivity index (χ0n) is 14.4. The highest BCUT2D eigenvalue weighted by atomic mass is 32.2. The highest BCUT2D eigenvalue weighted by Crippen LogP contribution is 2.13. The topological polar surface area (TPSA) is 89.7 Å². The maximum absolute atomic E-state index is 12.0. The molecule has 0 spiro atoms. The fourth-order valence-corrected chi connectivity index (χ4v) is 4.14. The van der Waals surface area contributed by atoms with Gasteiger partial charge in [-0.2, -0.15) is 23.5 Å². The standard InChI is InChI=1S/C15H24N6OS3/c1-11-13(19-9-17-11)7-24-5-3-16-15(22)21(23)4-6-25-8-14-12(2)18-10-20-14/h9-10,23H,3-8H2,1-2H3,(H,16,22)(H,17,19)(H,18,20). The van der Waals surface area contributed by atoms with Crippen molar-refractivity contribution in [3.8, 4) is 0 Å². The number of imidazole rings is 2. The molecular weight excluding hydrogens is 376 g/mol. The largest absolute Gasteiger partial charge is 0.348 e. The van der Waals surface area contributed by atoms with Crippen LogP contribution >= 0.6 is 36.3 Å². The second-order valence-electron chi connectivity index (χ2n) is 5.39. The van der Waals surface area contributed by atoms with Gasteiger partial charge in [-0.3, -0.25) is 4.31 Å². The SMILES string of the molecule is Cc1nc[nH]c1CSCCNC(=O)N(S)CCSCc1[nH]cnc1C. The molecule has 0 unspecified atom stereocenters. The van der Waals surface area contributed by atoms with Crippen molar-refractivity contribution in [2.45, 2.75) is 25.4 Å². The van der Waals surface area contributed by atoms with E-state index in [1.807, 2.05) is 13.8 Å². The van der Waals surface area contributed by atoms with Crippen molar-refractivity contribution in [3.63, 3.8) is 0 Å². The molecule has 0 bridgehead atoms. The van der Waals surface area contributed by atoms with Crippen molar-refractivity contribution in [1.29, 1.82) is 0 Å².